The molecular weight excluding hydrogens is 388 g/mol. The van der Waals surface area contributed by atoms with Crippen molar-refractivity contribution in [2.24, 2.45) is 0 Å². The van der Waals surface area contributed by atoms with Crippen molar-refractivity contribution in [2.75, 3.05) is 5.32 Å². The highest BCUT2D eigenvalue weighted by Crippen LogP contribution is 2.30. The van der Waals surface area contributed by atoms with Crippen molar-refractivity contribution in [3.8, 4) is 5.75 Å². The first-order chi connectivity index (χ1) is 14.1. The maximum atomic E-state index is 12.4. The van der Waals surface area contributed by atoms with Crippen LogP contribution >= 0.6 is 11.6 Å². The van der Waals surface area contributed by atoms with Gasteiger partial charge in [0.05, 0.1) is 5.69 Å². The zero-order valence-electron chi connectivity index (χ0n) is 15.3. The lowest BCUT2D eigenvalue weighted by Gasteiger charge is -2.19. The van der Waals surface area contributed by atoms with Crippen LogP contribution < -0.4 is 15.4 Å². The third-order valence-electron chi connectivity index (χ3n) is 4.45. The maximum absolute atomic E-state index is 12.4. The molecular formula is C23H17ClN2O3. The minimum absolute atomic E-state index is 0.194. The molecule has 29 heavy (non-hydrogen) atoms. The molecule has 5 nitrogen and oxygen atoms in total. The maximum Gasteiger partial charge on any atom is 0.291 e. The summed E-state index contributed by atoms with van der Waals surface area (Å²) in [5, 5.41) is 6.25. The van der Waals surface area contributed by atoms with Crippen molar-refractivity contribution >= 4 is 35.2 Å². The smallest absolute Gasteiger partial charge is 0.291 e. The van der Waals surface area contributed by atoms with Crippen LogP contribution in [0.4, 0.5) is 5.69 Å². The van der Waals surface area contributed by atoms with Crippen LogP contribution in [-0.2, 0) is 11.3 Å². The zero-order chi connectivity index (χ0) is 20.2. The molecule has 4 rings (SSSR count). The summed E-state index contributed by atoms with van der Waals surface area (Å²) in [6.45, 7) is 0.345. The lowest BCUT2D eigenvalue weighted by molar-refractivity contribution is -0.115. The standard InChI is InChI=1S/C23H17ClN2O3/c24-18-6-2-1-5-17(18)14-25-22(27)16-11-9-15(10-12-16)13-21-23(28)26-19-7-3-4-8-20(19)29-21/h1-13H,14H2,(H,25,27)(H,26,28)/b21-13-. The van der Waals surface area contributed by atoms with Gasteiger partial charge in [-0.15, -0.1) is 0 Å². The molecule has 0 aromatic heterocycles. The van der Waals surface area contributed by atoms with Crippen molar-refractivity contribution in [2.45, 2.75) is 6.54 Å². The Morgan fingerprint density at radius 3 is 2.52 bits per heavy atom. The van der Waals surface area contributed by atoms with Crippen LogP contribution in [0.2, 0.25) is 5.02 Å². The zero-order valence-corrected chi connectivity index (χ0v) is 16.1. The Balaban J connectivity index is 1.44. The number of carbonyl (C=O) groups excluding carboxylic acids is 2. The van der Waals surface area contributed by atoms with Gasteiger partial charge in [-0.3, -0.25) is 9.59 Å². The summed E-state index contributed by atoms with van der Waals surface area (Å²) in [6, 6.07) is 21.5. The molecule has 1 aliphatic heterocycles. The third kappa shape index (κ3) is 4.31. The van der Waals surface area contributed by atoms with Crippen LogP contribution in [0.15, 0.2) is 78.6 Å². The molecule has 1 heterocycles. The summed E-state index contributed by atoms with van der Waals surface area (Å²) in [4.78, 5) is 24.6. The Bertz CT molecular complexity index is 1110. The molecule has 0 bridgehead atoms. The molecule has 1 aliphatic rings. The van der Waals surface area contributed by atoms with Gasteiger partial charge in [-0.25, -0.2) is 0 Å². The number of anilines is 1. The number of amides is 2. The lowest BCUT2D eigenvalue weighted by Crippen LogP contribution is -2.23. The summed E-state index contributed by atoms with van der Waals surface area (Å²) < 4.78 is 5.68. The Hall–Kier alpha value is -3.57. The summed E-state index contributed by atoms with van der Waals surface area (Å²) in [7, 11) is 0. The molecule has 144 valence electrons. The number of benzene rings is 3. The minimum atomic E-state index is -0.315. The number of hydrogen-bond donors (Lipinski definition) is 2. The predicted molar refractivity (Wildman–Crippen MR) is 113 cm³/mol. The Morgan fingerprint density at radius 2 is 1.72 bits per heavy atom. The molecule has 2 amide bonds. The van der Waals surface area contributed by atoms with E-state index in [1.807, 2.05) is 30.3 Å². The SMILES string of the molecule is O=C1Nc2ccccc2O/C1=C\c1ccc(C(=O)NCc2ccccc2Cl)cc1. The van der Waals surface area contributed by atoms with E-state index in [0.29, 0.717) is 28.6 Å². The molecule has 0 fully saturated rings. The van der Waals surface area contributed by atoms with E-state index in [0.717, 1.165) is 11.1 Å². The Labute approximate surface area is 173 Å². The lowest BCUT2D eigenvalue weighted by atomic mass is 10.1. The van der Waals surface area contributed by atoms with E-state index >= 15 is 0 Å². The van der Waals surface area contributed by atoms with Gasteiger partial charge < -0.3 is 15.4 Å². The van der Waals surface area contributed by atoms with Crippen LogP contribution in [0.3, 0.4) is 0 Å². The van der Waals surface area contributed by atoms with Gasteiger partial charge in [0.2, 0.25) is 0 Å². The third-order valence-corrected chi connectivity index (χ3v) is 4.82. The predicted octanol–water partition coefficient (Wildman–Crippen LogP) is 4.64. The first kappa shape index (κ1) is 18.8. The number of carbonyl (C=O) groups is 2. The van der Waals surface area contributed by atoms with Gasteiger partial charge >= 0.3 is 0 Å². The number of nitrogens with one attached hydrogen (secondary N) is 2. The van der Waals surface area contributed by atoms with Crippen LogP contribution in [0.1, 0.15) is 21.5 Å². The number of fused-ring (bicyclic) bond motifs is 1. The number of halogens is 1. The molecule has 6 heteroatoms. The summed E-state index contributed by atoms with van der Waals surface area (Å²) >= 11 is 6.11. The van der Waals surface area contributed by atoms with Gasteiger partial charge in [-0.2, -0.15) is 0 Å². The molecule has 2 N–H and O–H groups in total. The van der Waals surface area contributed by atoms with Crippen molar-refractivity contribution < 1.29 is 14.3 Å². The average molecular weight is 405 g/mol. The topological polar surface area (TPSA) is 67.4 Å². The largest absolute Gasteiger partial charge is 0.449 e. The normalized spacial score (nSPS) is 14.0. The van der Waals surface area contributed by atoms with Gasteiger partial charge in [0, 0.05) is 17.1 Å². The summed E-state index contributed by atoms with van der Waals surface area (Å²) in [6.07, 6.45) is 1.64. The fraction of sp³-hybridized carbons (Fsp3) is 0.0435. The molecule has 0 aliphatic carbocycles. The van der Waals surface area contributed by atoms with Crippen molar-refractivity contribution in [1.29, 1.82) is 0 Å². The van der Waals surface area contributed by atoms with Gasteiger partial charge in [0.15, 0.2) is 11.5 Å². The van der Waals surface area contributed by atoms with Gasteiger partial charge in [-0.1, -0.05) is 54.1 Å². The molecule has 0 saturated carbocycles. The van der Waals surface area contributed by atoms with Crippen molar-refractivity contribution in [1.82, 2.24) is 5.32 Å². The monoisotopic (exact) mass is 404 g/mol. The highest BCUT2D eigenvalue weighted by Gasteiger charge is 2.21. The fourth-order valence-electron chi connectivity index (χ4n) is 2.90. The molecule has 0 spiro atoms. The number of ether oxygens (including phenoxy) is 1. The molecule has 3 aromatic carbocycles. The van der Waals surface area contributed by atoms with E-state index < -0.39 is 0 Å². The second-order valence-electron chi connectivity index (χ2n) is 6.46. The van der Waals surface area contributed by atoms with Crippen LogP contribution in [-0.4, -0.2) is 11.8 Å². The Kier molecular flexibility index (Phi) is 5.31. The van der Waals surface area contributed by atoms with E-state index in [1.165, 1.54) is 0 Å². The summed E-state index contributed by atoms with van der Waals surface area (Å²) in [5.41, 5.74) is 2.75. The fourth-order valence-corrected chi connectivity index (χ4v) is 3.11. The second-order valence-corrected chi connectivity index (χ2v) is 6.86. The van der Waals surface area contributed by atoms with Crippen LogP contribution in [0, 0.1) is 0 Å². The Morgan fingerprint density at radius 1 is 1.00 bits per heavy atom. The van der Waals surface area contributed by atoms with Crippen LogP contribution in [0.5, 0.6) is 5.75 Å². The van der Waals surface area contributed by atoms with E-state index in [2.05, 4.69) is 10.6 Å². The minimum Gasteiger partial charge on any atom is -0.449 e. The van der Waals surface area contributed by atoms with E-state index in [9.17, 15) is 9.59 Å². The first-order valence-corrected chi connectivity index (χ1v) is 9.39. The number of hydrogen-bond acceptors (Lipinski definition) is 3. The van der Waals surface area contributed by atoms with E-state index in [-0.39, 0.29) is 17.6 Å². The average Bonchev–Trinajstić information content (AvgIpc) is 2.74. The van der Waals surface area contributed by atoms with Crippen molar-refractivity contribution in [3.05, 3.63) is 100 Å². The van der Waals surface area contributed by atoms with Gasteiger partial charge in [-0.05, 0) is 47.5 Å². The molecule has 0 unspecified atom stereocenters. The number of rotatable bonds is 4. The quantitative estimate of drug-likeness (QED) is 0.622. The number of para-hydroxylation sites is 2. The highest BCUT2D eigenvalue weighted by molar-refractivity contribution is 6.31. The van der Waals surface area contributed by atoms with Gasteiger partial charge in [0.25, 0.3) is 11.8 Å². The molecule has 0 saturated heterocycles. The highest BCUT2D eigenvalue weighted by atomic mass is 35.5. The van der Waals surface area contributed by atoms with Crippen molar-refractivity contribution in [3.63, 3.8) is 0 Å². The second kappa shape index (κ2) is 8.20. The van der Waals surface area contributed by atoms with E-state index in [1.54, 1.807) is 48.5 Å². The van der Waals surface area contributed by atoms with Gasteiger partial charge in [0.1, 0.15) is 0 Å². The molecule has 3 aromatic rings. The molecule has 0 atom stereocenters. The summed E-state index contributed by atoms with van der Waals surface area (Å²) in [5.74, 6) is 0.267. The molecule has 0 radical (unpaired) electrons. The van der Waals surface area contributed by atoms with Crippen LogP contribution in [0.25, 0.3) is 6.08 Å². The first-order valence-electron chi connectivity index (χ1n) is 9.02. The van der Waals surface area contributed by atoms with E-state index in [4.69, 9.17) is 16.3 Å².